The zero-order valence-corrected chi connectivity index (χ0v) is 13.5. The molecular formula is C13H8Cl2F5N5. The van der Waals surface area contributed by atoms with E-state index in [9.17, 15) is 22.0 Å². The fraction of sp³-hybridized carbons (Fsp3) is 0.231. The maximum absolute atomic E-state index is 13.2. The Balaban J connectivity index is 2.32. The molecule has 0 amide bonds. The molecule has 12 heteroatoms. The molecule has 0 fully saturated rings. The molecule has 0 aromatic carbocycles. The molecule has 2 aromatic rings. The third-order valence-electron chi connectivity index (χ3n) is 3.35. The van der Waals surface area contributed by atoms with Crippen LogP contribution in [-0.2, 0) is 6.18 Å². The molecule has 2 aromatic heterocycles. The number of dihydropyridines is 1. The highest BCUT2D eigenvalue weighted by molar-refractivity contribution is 6.36. The van der Waals surface area contributed by atoms with Gasteiger partial charge in [0.05, 0.1) is 22.5 Å². The summed E-state index contributed by atoms with van der Waals surface area (Å²) in [6, 6.07) is 0.752. The second-order valence-electron chi connectivity index (χ2n) is 5.03. The number of nitrogens with one attached hydrogen (secondary N) is 1. The van der Waals surface area contributed by atoms with Gasteiger partial charge in [0.25, 0.3) is 6.43 Å². The van der Waals surface area contributed by atoms with Crippen molar-refractivity contribution in [3.8, 4) is 0 Å². The number of nitrogens with zero attached hydrogens (tertiary/aromatic N) is 3. The number of rotatable bonds is 2. The average molecular weight is 400 g/mol. The van der Waals surface area contributed by atoms with E-state index in [0.717, 1.165) is 10.7 Å². The number of nitrogens with two attached hydrogens (primary N) is 1. The first-order valence-corrected chi connectivity index (χ1v) is 7.39. The van der Waals surface area contributed by atoms with Gasteiger partial charge < -0.3 is 11.1 Å². The molecule has 0 aliphatic carbocycles. The predicted octanol–water partition coefficient (Wildman–Crippen LogP) is 4.06. The molecule has 0 unspecified atom stereocenters. The van der Waals surface area contributed by atoms with Crippen molar-refractivity contribution in [2.24, 2.45) is 0 Å². The van der Waals surface area contributed by atoms with Crippen LogP contribution in [0.4, 0.5) is 27.8 Å². The molecule has 0 bridgehead atoms. The Kier molecular flexibility index (Phi) is 4.28. The third kappa shape index (κ3) is 3.11. The van der Waals surface area contributed by atoms with Gasteiger partial charge in [0, 0.05) is 5.03 Å². The van der Waals surface area contributed by atoms with E-state index in [-0.39, 0.29) is 22.9 Å². The molecule has 25 heavy (non-hydrogen) atoms. The average Bonchev–Trinajstić information content (AvgIpc) is 2.82. The molecule has 0 saturated heterocycles. The predicted molar refractivity (Wildman–Crippen MR) is 82.9 cm³/mol. The van der Waals surface area contributed by atoms with Crippen LogP contribution in [0.3, 0.4) is 0 Å². The minimum atomic E-state index is -4.99. The molecule has 0 atom stereocenters. The number of halogens is 7. The van der Waals surface area contributed by atoms with Crippen molar-refractivity contribution in [1.82, 2.24) is 20.1 Å². The summed E-state index contributed by atoms with van der Waals surface area (Å²) >= 11 is 11.8. The summed E-state index contributed by atoms with van der Waals surface area (Å²) in [6.45, 7) is 0.148. The van der Waals surface area contributed by atoms with Crippen molar-refractivity contribution in [3.63, 3.8) is 0 Å². The molecule has 0 spiro atoms. The number of anilines is 1. The van der Waals surface area contributed by atoms with Crippen LogP contribution in [0.25, 0.3) is 16.7 Å². The van der Waals surface area contributed by atoms with Gasteiger partial charge in [-0.15, -0.1) is 0 Å². The van der Waals surface area contributed by atoms with Gasteiger partial charge in [0.2, 0.25) is 0 Å². The second-order valence-corrected chi connectivity index (χ2v) is 5.92. The van der Waals surface area contributed by atoms with Crippen molar-refractivity contribution in [2.45, 2.75) is 12.6 Å². The summed E-state index contributed by atoms with van der Waals surface area (Å²) in [5, 5.41) is 6.44. The molecule has 3 rings (SSSR count). The summed E-state index contributed by atoms with van der Waals surface area (Å²) in [7, 11) is 0. The Morgan fingerprint density at radius 2 is 1.96 bits per heavy atom. The Labute approximate surface area is 146 Å². The zero-order valence-electron chi connectivity index (χ0n) is 12.0. The largest absolute Gasteiger partial charge is 0.434 e. The van der Waals surface area contributed by atoms with Crippen molar-refractivity contribution < 1.29 is 22.0 Å². The molecule has 134 valence electrons. The number of nitrogen functional groups attached to an aromatic ring is 1. The van der Waals surface area contributed by atoms with Crippen molar-refractivity contribution in [3.05, 3.63) is 33.6 Å². The van der Waals surface area contributed by atoms with Gasteiger partial charge in [-0.1, -0.05) is 23.2 Å². The first-order chi connectivity index (χ1) is 11.6. The van der Waals surface area contributed by atoms with Crippen LogP contribution in [0, 0.1) is 0 Å². The van der Waals surface area contributed by atoms with Crippen molar-refractivity contribution in [2.75, 3.05) is 12.3 Å². The van der Waals surface area contributed by atoms with E-state index >= 15 is 0 Å². The van der Waals surface area contributed by atoms with Crippen molar-refractivity contribution in [1.29, 1.82) is 0 Å². The Hall–Kier alpha value is -2.07. The summed E-state index contributed by atoms with van der Waals surface area (Å²) < 4.78 is 66.4. The lowest BCUT2D eigenvalue weighted by Gasteiger charge is -2.17. The molecule has 0 radical (unpaired) electrons. The van der Waals surface area contributed by atoms with Crippen molar-refractivity contribution >= 4 is 45.7 Å². The van der Waals surface area contributed by atoms with E-state index in [0.29, 0.717) is 5.03 Å². The van der Waals surface area contributed by atoms with Crippen LogP contribution in [0.5, 0.6) is 0 Å². The third-order valence-corrected chi connectivity index (χ3v) is 3.88. The number of allylic oxidation sites excluding steroid dienone is 2. The van der Waals surface area contributed by atoms with Gasteiger partial charge in [0.15, 0.2) is 5.69 Å². The first kappa shape index (κ1) is 17.7. The van der Waals surface area contributed by atoms with Crippen LogP contribution in [0.1, 0.15) is 17.8 Å². The van der Waals surface area contributed by atoms with Crippen LogP contribution in [0.15, 0.2) is 22.2 Å². The Morgan fingerprint density at radius 3 is 2.52 bits per heavy atom. The second kappa shape index (κ2) is 6.03. The SMILES string of the molecule is Nc1c2c(C(F)(F)F)nc(C(F)F)cc2nn1C1=C(Cl)C=C(Cl)CN1. The Bertz CT molecular complexity index is 916. The molecule has 3 N–H and O–H groups in total. The monoisotopic (exact) mass is 399 g/mol. The van der Waals surface area contributed by atoms with E-state index in [4.69, 9.17) is 28.9 Å². The quantitative estimate of drug-likeness (QED) is 0.747. The van der Waals surface area contributed by atoms with Gasteiger partial charge in [-0.05, 0) is 12.1 Å². The van der Waals surface area contributed by atoms with Gasteiger partial charge in [-0.2, -0.15) is 23.0 Å². The summed E-state index contributed by atoms with van der Waals surface area (Å²) in [5.74, 6) is -0.366. The van der Waals surface area contributed by atoms with Gasteiger partial charge in [0.1, 0.15) is 17.3 Å². The number of alkyl halides is 5. The molecule has 5 nitrogen and oxygen atoms in total. The van der Waals surface area contributed by atoms with E-state index in [1.54, 1.807) is 0 Å². The van der Waals surface area contributed by atoms with E-state index in [1.165, 1.54) is 6.08 Å². The van der Waals surface area contributed by atoms with Crippen LogP contribution in [-0.4, -0.2) is 21.3 Å². The lowest BCUT2D eigenvalue weighted by molar-refractivity contribution is -0.140. The minimum Gasteiger partial charge on any atom is -0.383 e. The number of hydrogen-bond donors (Lipinski definition) is 2. The van der Waals surface area contributed by atoms with Crippen LogP contribution >= 0.6 is 23.2 Å². The van der Waals surface area contributed by atoms with E-state index in [2.05, 4.69) is 15.4 Å². The van der Waals surface area contributed by atoms with Crippen LogP contribution in [0.2, 0.25) is 0 Å². The summed E-state index contributed by atoms with van der Waals surface area (Å²) in [6.07, 6.45) is -6.82. The maximum atomic E-state index is 13.2. The molecule has 1 aliphatic heterocycles. The highest BCUT2D eigenvalue weighted by Gasteiger charge is 2.38. The fourth-order valence-electron chi connectivity index (χ4n) is 2.32. The maximum Gasteiger partial charge on any atom is 0.434 e. The van der Waals surface area contributed by atoms with Crippen LogP contribution < -0.4 is 11.1 Å². The smallest absolute Gasteiger partial charge is 0.383 e. The Morgan fingerprint density at radius 1 is 1.28 bits per heavy atom. The first-order valence-electron chi connectivity index (χ1n) is 6.64. The molecule has 3 heterocycles. The lowest BCUT2D eigenvalue weighted by Crippen LogP contribution is -2.24. The summed E-state index contributed by atoms with van der Waals surface area (Å²) in [4.78, 5) is 3.01. The topological polar surface area (TPSA) is 68.8 Å². The number of fused-ring (bicyclic) bond motifs is 1. The standard InChI is InChI=1S/C13H8Cl2F5N5/c14-4-1-5(15)12(22-3-4)25-11(21)8-6(24-25)2-7(10(16)17)23-9(8)13(18,19)20/h1-2,10,22H,3,21H2. The highest BCUT2D eigenvalue weighted by Crippen LogP contribution is 2.38. The van der Waals surface area contributed by atoms with E-state index < -0.39 is 35.2 Å². The number of hydrogen-bond acceptors (Lipinski definition) is 4. The molecule has 0 saturated carbocycles. The van der Waals surface area contributed by atoms with Gasteiger partial charge >= 0.3 is 6.18 Å². The normalized spacial score (nSPS) is 15.8. The molecular weight excluding hydrogens is 392 g/mol. The highest BCUT2D eigenvalue weighted by atomic mass is 35.5. The lowest BCUT2D eigenvalue weighted by atomic mass is 10.2. The summed E-state index contributed by atoms with van der Waals surface area (Å²) in [5.41, 5.74) is 2.81. The van der Waals surface area contributed by atoms with Gasteiger partial charge in [-0.25, -0.2) is 13.8 Å². The number of aromatic nitrogens is 3. The zero-order chi connectivity index (χ0) is 18.5. The number of pyridine rings is 1. The van der Waals surface area contributed by atoms with Gasteiger partial charge in [-0.3, -0.25) is 0 Å². The molecule has 1 aliphatic rings. The van der Waals surface area contributed by atoms with E-state index in [1.807, 2.05) is 0 Å². The fourth-order valence-corrected chi connectivity index (χ4v) is 2.83. The minimum absolute atomic E-state index is 0.0476.